The van der Waals surface area contributed by atoms with Crippen molar-refractivity contribution >= 4 is 64.0 Å². The first-order chi connectivity index (χ1) is 17.2. The van der Waals surface area contributed by atoms with Crippen LogP contribution in [0.3, 0.4) is 0 Å². The SMILES string of the molecule is O=C(CN(C(=O)c1ccc(Cl)cc1Cl)N1C(=O)CCCC1=O)c1ccc(OC(=O)c2cccs2)cc1. The zero-order valence-electron chi connectivity index (χ0n) is 18.6. The zero-order valence-corrected chi connectivity index (χ0v) is 20.9. The van der Waals surface area contributed by atoms with E-state index in [-0.39, 0.29) is 34.7 Å². The molecule has 1 saturated heterocycles. The third-order valence-electron chi connectivity index (χ3n) is 5.29. The number of Topliss-reactive ketones (excluding diaryl/α,β-unsaturated/α-hetero) is 1. The first-order valence-corrected chi connectivity index (χ1v) is 12.4. The van der Waals surface area contributed by atoms with Crippen molar-refractivity contribution in [1.82, 2.24) is 10.0 Å². The van der Waals surface area contributed by atoms with Crippen molar-refractivity contribution in [2.75, 3.05) is 6.54 Å². The lowest BCUT2D eigenvalue weighted by Gasteiger charge is -2.35. The molecule has 0 N–H and O–H groups in total. The van der Waals surface area contributed by atoms with Crippen LogP contribution in [-0.2, 0) is 9.59 Å². The summed E-state index contributed by atoms with van der Waals surface area (Å²) in [5.41, 5.74) is 0.165. The van der Waals surface area contributed by atoms with E-state index in [9.17, 15) is 24.0 Å². The molecule has 4 rings (SSSR count). The van der Waals surface area contributed by atoms with Crippen LogP contribution in [0.25, 0.3) is 0 Å². The number of carbonyl (C=O) groups is 5. The molecule has 1 aliphatic heterocycles. The van der Waals surface area contributed by atoms with Gasteiger partial charge in [-0.05, 0) is 60.3 Å². The number of benzene rings is 2. The average Bonchev–Trinajstić information content (AvgIpc) is 3.38. The van der Waals surface area contributed by atoms with Crippen LogP contribution in [0.1, 0.15) is 49.7 Å². The highest BCUT2D eigenvalue weighted by atomic mass is 35.5. The van der Waals surface area contributed by atoms with Gasteiger partial charge in [0.2, 0.25) is 11.8 Å². The number of hydrogen-bond donors (Lipinski definition) is 0. The Morgan fingerprint density at radius 3 is 2.28 bits per heavy atom. The van der Waals surface area contributed by atoms with Gasteiger partial charge in [-0.2, -0.15) is 5.01 Å². The molecular weight excluding hydrogens is 527 g/mol. The van der Waals surface area contributed by atoms with Gasteiger partial charge in [-0.3, -0.25) is 19.2 Å². The number of ketones is 1. The number of hydrazine groups is 1. The molecule has 2 heterocycles. The first kappa shape index (κ1) is 25.6. The maximum Gasteiger partial charge on any atom is 0.353 e. The number of ether oxygens (including phenoxy) is 1. The summed E-state index contributed by atoms with van der Waals surface area (Å²) < 4.78 is 5.29. The van der Waals surface area contributed by atoms with Crippen LogP contribution < -0.4 is 4.74 Å². The highest BCUT2D eigenvalue weighted by Crippen LogP contribution is 2.25. The first-order valence-electron chi connectivity index (χ1n) is 10.8. The molecule has 0 unspecified atom stereocenters. The molecule has 0 aliphatic carbocycles. The number of carbonyl (C=O) groups excluding carboxylic acids is 5. The topological polar surface area (TPSA) is 101 Å². The number of rotatable bonds is 7. The van der Waals surface area contributed by atoms with E-state index >= 15 is 0 Å². The minimum atomic E-state index is -0.796. The lowest BCUT2D eigenvalue weighted by atomic mass is 10.1. The van der Waals surface area contributed by atoms with Crippen LogP contribution in [0.15, 0.2) is 60.0 Å². The van der Waals surface area contributed by atoms with E-state index < -0.39 is 36.0 Å². The molecule has 11 heteroatoms. The van der Waals surface area contributed by atoms with Crippen molar-refractivity contribution in [3.8, 4) is 5.75 Å². The van der Waals surface area contributed by atoms with Gasteiger partial charge in [-0.1, -0.05) is 29.3 Å². The van der Waals surface area contributed by atoms with Gasteiger partial charge in [0, 0.05) is 23.4 Å². The Kier molecular flexibility index (Phi) is 7.83. The molecular formula is C25H18Cl2N2O6S. The summed E-state index contributed by atoms with van der Waals surface area (Å²) in [5, 5.41) is 3.58. The molecule has 0 atom stereocenters. The van der Waals surface area contributed by atoms with Crippen molar-refractivity contribution in [2.24, 2.45) is 0 Å². The van der Waals surface area contributed by atoms with E-state index in [4.69, 9.17) is 27.9 Å². The van der Waals surface area contributed by atoms with Crippen molar-refractivity contribution in [3.63, 3.8) is 0 Å². The van der Waals surface area contributed by atoms with Crippen LogP contribution in [0, 0.1) is 0 Å². The van der Waals surface area contributed by atoms with Gasteiger partial charge >= 0.3 is 5.97 Å². The smallest absolute Gasteiger partial charge is 0.353 e. The number of hydrogen-bond acceptors (Lipinski definition) is 7. The third kappa shape index (κ3) is 5.64. The van der Waals surface area contributed by atoms with E-state index in [0.717, 1.165) is 5.01 Å². The van der Waals surface area contributed by atoms with Crippen molar-refractivity contribution < 1.29 is 28.7 Å². The Bertz CT molecular complexity index is 1330. The minimum Gasteiger partial charge on any atom is -0.422 e. The number of esters is 1. The van der Waals surface area contributed by atoms with Gasteiger partial charge in [0.15, 0.2) is 5.78 Å². The Hall–Kier alpha value is -3.53. The van der Waals surface area contributed by atoms with Gasteiger partial charge < -0.3 is 4.74 Å². The molecule has 3 amide bonds. The fourth-order valence-corrected chi connectivity index (χ4v) is 4.62. The molecule has 184 valence electrons. The molecule has 1 fully saturated rings. The van der Waals surface area contributed by atoms with Crippen LogP contribution >= 0.6 is 34.5 Å². The summed E-state index contributed by atoms with van der Waals surface area (Å²) >= 11 is 13.3. The molecule has 0 saturated carbocycles. The molecule has 1 aliphatic rings. The molecule has 36 heavy (non-hydrogen) atoms. The second kappa shape index (κ2) is 11.0. The summed E-state index contributed by atoms with van der Waals surface area (Å²) in [6.07, 6.45) is 0.474. The summed E-state index contributed by atoms with van der Waals surface area (Å²) in [5.74, 6) is -2.82. The Morgan fingerprint density at radius 2 is 1.67 bits per heavy atom. The van der Waals surface area contributed by atoms with Crippen LogP contribution in [0.4, 0.5) is 0 Å². The van der Waals surface area contributed by atoms with Gasteiger partial charge in [-0.25, -0.2) is 9.80 Å². The van der Waals surface area contributed by atoms with Gasteiger partial charge in [0.05, 0.1) is 10.6 Å². The van der Waals surface area contributed by atoms with Crippen molar-refractivity contribution in [1.29, 1.82) is 0 Å². The molecule has 0 spiro atoms. The zero-order chi connectivity index (χ0) is 25.8. The number of imide groups is 1. The predicted octanol–water partition coefficient (Wildman–Crippen LogP) is 5.05. The minimum absolute atomic E-state index is 0.0127. The Labute approximate surface area is 219 Å². The summed E-state index contributed by atoms with van der Waals surface area (Å²) in [7, 11) is 0. The van der Waals surface area contributed by atoms with Gasteiger partial charge in [0.1, 0.15) is 17.2 Å². The summed E-state index contributed by atoms with van der Waals surface area (Å²) in [4.78, 5) is 64.2. The maximum absolute atomic E-state index is 13.4. The summed E-state index contributed by atoms with van der Waals surface area (Å²) in [6.45, 7) is -0.594. The monoisotopic (exact) mass is 544 g/mol. The molecule has 1 aromatic heterocycles. The predicted molar refractivity (Wildman–Crippen MR) is 133 cm³/mol. The largest absolute Gasteiger partial charge is 0.422 e. The number of nitrogens with zero attached hydrogens (tertiary/aromatic N) is 2. The maximum atomic E-state index is 13.4. The van der Waals surface area contributed by atoms with Crippen LogP contribution in [0.2, 0.25) is 10.0 Å². The standard InChI is InChI=1S/C25H18Cl2N2O6S/c26-16-8-11-18(19(27)13-16)24(33)28(29-22(31)4-1-5-23(29)32)14-20(30)15-6-9-17(10-7-15)35-25(34)21-3-2-12-36-21/h2-3,6-13H,1,4-5,14H2. The van der Waals surface area contributed by atoms with Gasteiger partial charge in [-0.15, -0.1) is 11.3 Å². The molecule has 2 aromatic carbocycles. The van der Waals surface area contributed by atoms with Gasteiger partial charge in [0.25, 0.3) is 5.91 Å². The van der Waals surface area contributed by atoms with E-state index in [1.54, 1.807) is 17.5 Å². The molecule has 3 aromatic rings. The molecule has 0 radical (unpaired) electrons. The van der Waals surface area contributed by atoms with E-state index in [0.29, 0.717) is 21.3 Å². The Morgan fingerprint density at radius 1 is 0.972 bits per heavy atom. The van der Waals surface area contributed by atoms with Crippen molar-refractivity contribution in [2.45, 2.75) is 19.3 Å². The quantitative estimate of drug-likeness (QED) is 0.178. The average molecular weight is 545 g/mol. The lowest BCUT2D eigenvalue weighted by Crippen LogP contribution is -2.56. The normalized spacial score (nSPS) is 13.4. The lowest BCUT2D eigenvalue weighted by molar-refractivity contribution is -0.162. The second-order valence-corrected chi connectivity index (χ2v) is 9.55. The number of amides is 3. The number of halogens is 2. The van der Waals surface area contributed by atoms with E-state index in [2.05, 4.69) is 0 Å². The van der Waals surface area contributed by atoms with Crippen LogP contribution in [-0.4, -0.2) is 46.0 Å². The number of thiophene rings is 1. The fourth-order valence-electron chi connectivity index (χ4n) is 3.53. The Balaban J connectivity index is 1.56. The highest BCUT2D eigenvalue weighted by molar-refractivity contribution is 7.12. The van der Waals surface area contributed by atoms with Crippen LogP contribution in [0.5, 0.6) is 5.75 Å². The van der Waals surface area contributed by atoms with E-state index in [1.165, 1.54) is 53.8 Å². The van der Waals surface area contributed by atoms with Crippen molar-refractivity contribution in [3.05, 3.63) is 86.0 Å². The highest BCUT2D eigenvalue weighted by Gasteiger charge is 2.36. The third-order valence-corrected chi connectivity index (χ3v) is 6.69. The fraction of sp³-hybridized carbons (Fsp3) is 0.160. The van der Waals surface area contributed by atoms with E-state index in [1.807, 2.05) is 0 Å². The number of piperidine rings is 1. The molecule has 0 bridgehead atoms. The molecule has 8 nitrogen and oxygen atoms in total. The second-order valence-electron chi connectivity index (χ2n) is 7.75. The summed E-state index contributed by atoms with van der Waals surface area (Å²) in [6, 6.07) is 13.3.